The number of hydrogen-bond donors (Lipinski definition) is 1. The molecule has 0 bridgehead atoms. The summed E-state index contributed by atoms with van der Waals surface area (Å²) in [5.41, 5.74) is -0.883. The molecule has 1 aliphatic heterocycles. The van der Waals surface area contributed by atoms with E-state index in [2.05, 4.69) is 21.3 Å². The summed E-state index contributed by atoms with van der Waals surface area (Å²) in [6.07, 6.45) is 1.11. The number of likely N-dealkylation sites (tertiary alicyclic amines) is 1. The molecule has 19 heavy (non-hydrogen) atoms. The van der Waals surface area contributed by atoms with Crippen LogP contribution in [-0.2, 0) is 0 Å². The number of nitriles is 1. The highest BCUT2D eigenvalue weighted by molar-refractivity contribution is 5.93. The standard InChI is InChI=1S/C13H15FN4O/c1-18-7-5-13(9-15,6-8-18)17-12(19)10-3-2-4-11(14)16-10/h2-4H,5-8H2,1H3,(H,17,19). The fourth-order valence-corrected chi connectivity index (χ4v) is 2.08. The number of rotatable bonds is 2. The van der Waals surface area contributed by atoms with Crippen LogP contribution in [0.2, 0.25) is 0 Å². The van der Waals surface area contributed by atoms with E-state index in [4.69, 9.17) is 0 Å². The second-order valence-electron chi connectivity index (χ2n) is 4.80. The molecule has 1 aromatic heterocycles. The molecular weight excluding hydrogens is 247 g/mol. The van der Waals surface area contributed by atoms with Gasteiger partial charge in [0.1, 0.15) is 11.2 Å². The summed E-state index contributed by atoms with van der Waals surface area (Å²) >= 11 is 0. The number of piperidine rings is 1. The number of carbonyl (C=O) groups is 1. The van der Waals surface area contributed by atoms with Crippen LogP contribution in [0, 0.1) is 17.3 Å². The van der Waals surface area contributed by atoms with Crippen molar-refractivity contribution in [2.45, 2.75) is 18.4 Å². The van der Waals surface area contributed by atoms with Crippen LogP contribution in [0.1, 0.15) is 23.3 Å². The molecule has 2 rings (SSSR count). The molecule has 0 saturated carbocycles. The topological polar surface area (TPSA) is 69.0 Å². The van der Waals surface area contributed by atoms with E-state index in [0.29, 0.717) is 12.8 Å². The van der Waals surface area contributed by atoms with Gasteiger partial charge in [-0.25, -0.2) is 4.98 Å². The molecule has 6 heteroatoms. The van der Waals surface area contributed by atoms with Gasteiger partial charge >= 0.3 is 0 Å². The molecule has 0 spiro atoms. The number of pyridine rings is 1. The van der Waals surface area contributed by atoms with Gasteiger partial charge in [-0.1, -0.05) is 6.07 Å². The van der Waals surface area contributed by atoms with Crippen molar-refractivity contribution in [3.8, 4) is 6.07 Å². The number of nitrogens with one attached hydrogen (secondary N) is 1. The minimum atomic E-state index is -0.877. The van der Waals surface area contributed by atoms with E-state index >= 15 is 0 Å². The lowest BCUT2D eigenvalue weighted by molar-refractivity contribution is 0.0875. The molecule has 1 saturated heterocycles. The Morgan fingerprint density at radius 3 is 2.79 bits per heavy atom. The van der Waals surface area contributed by atoms with E-state index in [1.165, 1.54) is 18.2 Å². The van der Waals surface area contributed by atoms with Crippen LogP contribution in [-0.4, -0.2) is 41.5 Å². The predicted octanol–water partition coefficient (Wildman–Crippen LogP) is 0.938. The fraction of sp³-hybridized carbons (Fsp3) is 0.462. The Labute approximate surface area is 111 Å². The van der Waals surface area contributed by atoms with Crippen molar-refractivity contribution in [2.75, 3.05) is 20.1 Å². The molecule has 1 fully saturated rings. The van der Waals surface area contributed by atoms with Gasteiger partial charge in [0.25, 0.3) is 5.91 Å². The maximum atomic E-state index is 13.0. The molecule has 100 valence electrons. The number of amides is 1. The Morgan fingerprint density at radius 1 is 1.53 bits per heavy atom. The van der Waals surface area contributed by atoms with Gasteiger partial charge in [0.2, 0.25) is 5.95 Å². The Balaban J connectivity index is 2.11. The molecular formula is C13H15FN4O. The van der Waals surface area contributed by atoms with Crippen LogP contribution >= 0.6 is 0 Å². The van der Waals surface area contributed by atoms with Crippen LogP contribution < -0.4 is 5.32 Å². The largest absolute Gasteiger partial charge is 0.332 e. The molecule has 0 unspecified atom stereocenters. The Bertz CT molecular complexity index is 518. The van der Waals surface area contributed by atoms with E-state index in [-0.39, 0.29) is 5.69 Å². The average Bonchev–Trinajstić information content (AvgIpc) is 2.42. The van der Waals surface area contributed by atoms with Gasteiger partial charge in [-0.15, -0.1) is 0 Å². The third-order valence-corrected chi connectivity index (χ3v) is 3.36. The highest BCUT2D eigenvalue weighted by Gasteiger charge is 2.35. The summed E-state index contributed by atoms with van der Waals surface area (Å²) in [5.74, 6) is -1.22. The summed E-state index contributed by atoms with van der Waals surface area (Å²) in [4.78, 5) is 17.6. The van der Waals surface area contributed by atoms with Crippen LogP contribution in [0.4, 0.5) is 4.39 Å². The van der Waals surface area contributed by atoms with E-state index in [9.17, 15) is 14.4 Å². The third-order valence-electron chi connectivity index (χ3n) is 3.36. The average molecular weight is 262 g/mol. The summed E-state index contributed by atoms with van der Waals surface area (Å²) in [5, 5.41) is 12.0. The van der Waals surface area contributed by atoms with Crippen molar-refractivity contribution in [3.05, 3.63) is 29.8 Å². The lowest BCUT2D eigenvalue weighted by Gasteiger charge is -2.35. The van der Waals surface area contributed by atoms with E-state index in [1.54, 1.807) is 0 Å². The minimum Gasteiger partial charge on any atom is -0.332 e. The van der Waals surface area contributed by atoms with Gasteiger partial charge < -0.3 is 10.2 Å². The molecule has 1 amide bonds. The van der Waals surface area contributed by atoms with Crippen molar-refractivity contribution >= 4 is 5.91 Å². The number of aromatic nitrogens is 1. The molecule has 1 N–H and O–H groups in total. The highest BCUT2D eigenvalue weighted by atomic mass is 19.1. The normalized spacial score (nSPS) is 18.6. The summed E-state index contributed by atoms with van der Waals surface area (Å²) < 4.78 is 13.0. The van der Waals surface area contributed by atoms with Crippen molar-refractivity contribution < 1.29 is 9.18 Å². The van der Waals surface area contributed by atoms with Crippen molar-refractivity contribution in [3.63, 3.8) is 0 Å². The van der Waals surface area contributed by atoms with Crippen LogP contribution in [0.3, 0.4) is 0 Å². The van der Waals surface area contributed by atoms with Gasteiger partial charge in [-0.05, 0) is 32.0 Å². The number of halogens is 1. The summed E-state index contributed by atoms with van der Waals surface area (Å²) in [6, 6.07) is 6.20. The zero-order chi connectivity index (χ0) is 13.9. The van der Waals surface area contributed by atoms with Gasteiger partial charge in [0.15, 0.2) is 0 Å². The smallest absolute Gasteiger partial charge is 0.271 e. The van der Waals surface area contributed by atoms with E-state index in [0.717, 1.165) is 13.1 Å². The second kappa shape index (κ2) is 5.33. The zero-order valence-electron chi connectivity index (χ0n) is 10.7. The molecule has 1 aliphatic rings. The lowest BCUT2D eigenvalue weighted by Crippen LogP contribution is -2.53. The van der Waals surface area contributed by atoms with Gasteiger partial charge in [-0.2, -0.15) is 9.65 Å². The van der Waals surface area contributed by atoms with Crippen LogP contribution in [0.25, 0.3) is 0 Å². The molecule has 2 heterocycles. The SMILES string of the molecule is CN1CCC(C#N)(NC(=O)c2cccc(F)n2)CC1. The molecule has 5 nitrogen and oxygen atoms in total. The molecule has 0 atom stereocenters. The molecule has 0 radical (unpaired) electrons. The quantitative estimate of drug-likeness (QED) is 0.805. The Hall–Kier alpha value is -2.00. The molecule has 0 aromatic carbocycles. The van der Waals surface area contributed by atoms with E-state index < -0.39 is 17.4 Å². The van der Waals surface area contributed by atoms with E-state index in [1.807, 2.05) is 7.05 Å². The first-order valence-corrected chi connectivity index (χ1v) is 6.09. The minimum absolute atomic E-state index is 0.00597. The predicted molar refractivity (Wildman–Crippen MR) is 66.7 cm³/mol. The Morgan fingerprint density at radius 2 is 2.21 bits per heavy atom. The van der Waals surface area contributed by atoms with Crippen molar-refractivity contribution in [2.24, 2.45) is 0 Å². The summed E-state index contributed by atoms with van der Waals surface area (Å²) in [6.45, 7) is 1.48. The monoisotopic (exact) mass is 262 g/mol. The number of nitrogens with zero attached hydrogens (tertiary/aromatic N) is 3. The fourth-order valence-electron chi connectivity index (χ4n) is 2.08. The highest BCUT2D eigenvalue weighted by Crippen LogP contribution is 2.21. The van der Waals surface area contributed by atoms with Crippen molar-refractivity contribution in [1.29, 1.82) is 5.26 Å². The number of carbonyl (C=O) groups excluding carboxylic acids is 1. The lowest BCUT2D eigenvalue weighted by atomic mass is 9.89. The number of hydrogen-bond acceptors (Lipinski definition) is 4. The maximum absolute atomic E-state index is 13.0. The van der Waals surface area contributed by atoms with Gasteiger partial charge in [0, 0.05) is 13.1 Å². The molecule has 1 aromatic rings. The maximum Gasteiger partial charge on any atom is 0.271 e. The van der Waals surface area contributed by atoms with Crippen molar-refractivity contribution in [1.82, 2.24) is 15.2 Å². The second-order valence-corrected chi connectivity index (χ2v) is 4.80. The van der Waals surface area contributed by atoms with Crippen LogP contribution in [0.5, 0.6) is 0 Å². The zero-order valence-corrected chi connectivity index (χ0v) is 10.7. The summed E-state index contributed by atoms with van der Waals surface area (Å²) in [7, 11) is 1.97. The first-order valence-electron chi connectivity index (χ1n) is 6.09. The van der Waals surface area contributed by atoms with Gasteiger partial charge in [0.05, 0.1) is 6.07 Å². The molecule has 0 aliphatic carbocycles. The third kappa shape index (κ3) is 3.06. The first-order chi connectivity index (χ1) is 9.04. The van der Waals surface area contributed by atoms with Crippen LogP contribution in [0.15, 0.2) is 18.2 Å². The first kappa shape index (κ1) is 13.4. The Kier molecular flexibility index (Phi) is 3.76. The van der Waals surface area contributed by atoms with Gasteiger partial charge in [-0.3, -0.25) is 4.79 Å².